The van der Waals surface area contributed by atoms with Crippen LogP contribution in [0.1, 0.15) is 32.1 Å². The fraction of sp³-hybridized carbons (Fsp3) is 0.600. The molecule has 20 heavy (non-hydrogen) atoms. The maximum Gasteiger partial charge on any atom is 0.194 e. The molecule has 5 heteroatoms. The summed E-state index contributed by atoms with van der Waals surface area (Å²) in [5.74, 6) is 1.14. The Hall–Kier alpha value is -1.62. The number of aliphatic imine (C=N–C) groups is 1. The number of nitrogens with zero attached hydrogens (tertiary/aromatic N) is 2. The molecule has 0 saturated heterocycles. The van der Waals surface area contributed by atoms with Gasteiger partial charge in [-0.25, -0.2) is 4.98 Å². The fourth-order valence-corrected chi connectivity index (χ4v) is 2.82. The molecule has 0 unspecified atom stereocenters. The van der Waals surface area contributed by atoms with Gasteiger partial charge in [0.15, 0.2) is 5.96 Å². The summed E-state index contributed by atoms with van der Waals surface area (Å²) in [5.41, 5.74) is 6.09. The minimum absolute atomic E-state index is 0.156. The van der Waals surface area contributed by atoms with Crippen molar-refractivity contribution in [1.29, 1.82) is 0 Å². The monoisotopic (exact) mass is 276 g/mol. The minimum atomic E-state index is 0.156. The number of aromatic nitrogens is 1. The molecule has 1 aromatic rings. The van der Waals surface area contributed by atoms with Crippen molar-refractivity contribution in [2.45, 2.75) is 32.1 Å². The molecule has 1 aliphatic rings. The second-order valence-electron chi connectivity index (χ2n) is 5.54. The standard InChI is InChI=1S/C15H24N4O/c1-20-12-15(8-4-2-5-9-15)11-18-14(16)19-13-7-3-6-10-17-13/h3,6-7,10H,2,4-5,8-9,11-12H2,1H3,(H3,16,17,18,19). The van der Waals surface area contributed by atoms with Crippen molar-refractivity contribution < 1.29 is 4.74 Å². The average Bonchev–Trinajstić information content (AvgIpc) is 2.48. The van der Waals surface area contributed by atoms with E-state index in [0.29, 0.717) is 12.5 Å². The van der Waals surface area contributed by atoms with Crippen LogP contribution in [0.5, 0.6) is 0 Å². The summed E-state index contributed by atoms with van der Waals surface area (Å²) < 4.78 is 5.39. The largest absolute Gasteiger partial charge is 0.384 e. The lowest BCUT2D eigenvalue weighted by Crippen LogP contribution is -2.34. The van der Waals surface area contributed by atoms with Crippen LogP contribution in [0.15, 0.2) is 29.4 Å². The van der Waals surface area contributed by atoms with E-state index in [4.69, 9.17) is 10.5 Å². The van der Waals surface area contributed by atoms with Crippen molar-refractivity contribution in [3.05, 3.63) is 24.4 Å². The van der Waals surface area contributed by atoms with Crippen LogP contribution in [0.25, 0.3) is 0 Å². The van der Waals surface area contributed by atoms with Crippen LogP contribution in [-0.2, 0) is 4.74 Å². The molecule has 1 aliphatic carbocycles. The van der Waals surface area contributed by atoms with Gasteiger partial charge in [0.2, 0.25) is 0 Å². The molecule has 1 saturated carbocycles. The summed E-state index contributed by atoms with van der Waals surface area (Å²) in [4.78, 5) is 8.67. The van der Waals surface area contributed by atoms with Gasteiger partial charge >= 0.3 is 0 Å². The van der Waals surface area contributed by atoms with E-state index < -0.39 is 0 Å². The van der Waals surface area contributed by atoms with Gasteiger partial charge in [0.1, 0.15) is 5.82 Å². The first-order valence-electron chi connectivity index (χ1n) is 7.21. The first-order valence-corrected chi connectivity index (χ1v) is 7.21. The highest BCUT2D eigenvalue weighted by atomic mass is 16.5. The second-order valence-corrected chi connectivity index (χ2v) is 5.54. The Morgan fingerprint density at radius 3 is 2.85 bits per heavy atom. The van der Waals surface area contributed by atoms with E-state index in [-0.39, 0.29) is 5.41 Å². The van der Waals surface area contributed by atoms with E-state index in [2.05, 4.69) is 15.3 Å². The summed E-state index contributed by atoms with van der Waals surface area (Å²) in [5, 5.41) is 3.02. The molecule has 0 aromatic carbocycles. The molecule has 3 N–H and O–H groups in total. The fourth-order valence-electron chi connectivity index (χ4n) is 2.82. The summed E-state index contributed by atoms with van der Waals surface area (Å²) in [7, 11) is 1.76. The van der Waals surface area contributed by atoms with Gasteiger partial charge in [-0.1, -0.05) is 25.3 Å². The average molecular weight is 276 g/mol. The van der Waals surface area contributed by atoms with Crippen molar-refractivity contribution in [3.63, 3.8) is 0 Å². The van der Waals surface area contributed by atoms with Crippen LogP contribution < -0.4 is 11.1 Å². The molecule has 0 spiro atoms. The maximum atomic E-state index is 5.94. The Labute approximate surface area is 120 Å². The smallest absolute Gasteiger partial charge is 0.194 e. The number of ether oxygens (including phenoxy) is 1. The SMILES string of the molecule is COCC1(CN=C(N)Nc2ccccn2)CCCCC1. The predicted molar refractivity (Wildman–Crippen MR) is 81.7 cm³/mol. The molecule has 2 rings (SSSR count). The molecule has 110 valence electrons. The highest BCUT2D eigenvalue weighted by Crippen LogP contribution is 2.36. The Kier molecular flexibility index (Phi) is 5.35. The summed E-state index contributed by atoms with van der Waals surface area (Å²) in [6.45, 7) is 1.47. The van der Waals surface area contributed by atoms with Crippen LogP contribution >= 0.6 is 0 Å². The van der Waals surface area contributed by atoms with Gasteiger partial charge in [0, 0.05) is 18.7 Å². The van der Waals surface area contributed by atoms with Gasteiger partial charge in [-0.3, -0.25) is 4.99 Å². The highest BCUT2D eigenvalue weighted by Gasteiger charge is 2.31. The van der Waals surface area contributed by atoms with Gasteiger partial charge in [0.25, 0.3) is 0 Å². The lowest BCUT2D eigenvalue weighted by atomic mass is 9.75. The van der Waals surface area contributed by atoms with Crippen molar-refractivity contribution in [3.8, 4) is 0 Å². The number of hydrogen-bond donors (Lipinski definition) is 2. The number of guanidine groups is 1. The molecule has 0 radical (unpaired) electrons. The Morgan fingerprint density at radius 1 is 1.40 bits per heavy atom. The van der Waals surface area contributed by atoms with E-state index in [1.165, 1.54) is 32.1 Å². The van der Waals surface area contributed by atoms with Crippen LogP contribution in [0.3, 0.4) is 0 Å². The zero-order chi connectivity index (χ0) is 14.3. The molecule has 5 nitrogen and oxygen atoms in total. The lowest BCUT2D eigenvalue weighted by molar-refractivity contribution is 0.0555. The van der Waals surface area contributed by atoms with Crippen molar-refractivity contribution >= 4 is 11.8 Å². The summed E-state index contributed by atoms with van der Waals surface area (Å²) in [6.07, 6.45) is 7.89. The summed E-state index contributed by atoms with van der Waals surface area (Å²) in [6, 6.07) is 5.65. The molecular weight excluding hydrogens is 252 g/mol. The molecule has 1 fully saturated rings. The third kappa shape index (κ3) is 4.20. The van der Waals surface area contributed by atoms with Gasteiger partial charge < -0.3 is 15.8 Å². The van der Waals surface area contributed by atoms with Gasteiger partial charge in [-0.2, -0.15) is 0 Å². The predicted octanol–water partition coefficient (Wildman–Crippen LogP) is 2.41. The quantitative estimate of drug-likeness (QED) is 0.640. The van der Waals surface area contributed by atoms with Crippen molar-refractivity contribution in [2.24, 2.45) is 16.1 Å². The topological polar surface area (TPSA) is 72.5 Å². The lowest BCUT2D eigenvalue weighted by Gasteiger charge is -2.35. The Balaban J connectivity index is 1.94. The van der Waals surface area contributed by atoms with Crippen LogP contribution in [0, 0.1) is 5.41 Å². The molecule has 0 atom stereocenters. The van der Waals surface area contributed by atoms with Crippen molar-refractivity contribution in [1.82, 2.24) is 4.98 Å². The Morgan fingerprint density at radius 2 is 2.20 bits per heavy atom. The van der Waals surface area contributed by atoms with E-state index >= 15 is 0 Å². The third-order valence-corrected chi connectivity index (χ3v) is 3.87. The van der Waals surface area contributed by atoms with Crippen LogP contribution in [0.2, 0.25) is 0 Å². The third-order valence-electron chi connectivity index (χ3n) is 3.87. The van der Waals surface area contributed by atoms with Gasteiger partial charge in [0.05, 0.1) is 13.2 Å². The number of methoxy groups -OCH3 is 1. The number of hydrogen-bond acceptors (Lipinski definition) is 3. The first kappa shape index (κ1) is 14.8. The molecule has 0 bridgehead atoms. The maximum absolute atomic E-state index is 5.94. The van der Waals surface area contributed by atoms with E-state index in [1.54, 1.807) is 13.3 Å². The molecule has 1 heterocycles. The number of nitrogens with two attached hydrogens (primary N) is 1. The number of rotatable bonds is 5. The zero-order valence-corrected chi connectivity index (χ0v) is 12.1. The van der Waals surface area contributed by atoms with Crippen LogP contribution in [-0.4, -0.2) is 31.2 Å². The highest BCUT2D eigenvalue weighted by molar-refractivity contribution is 5.91. The van der Waals surface area contributed by atoms with Crippen molar-refractivity contribution in [2.75, 3.05) is 25.6 Å². The molecule has 1 aromatic heterocycles. The number of anilines is 1. The normalized spacial score (nSPS) is 18.8. The van der Waals surface area contributed by atoms with E-state index in [0.717, 1.165) is 12.4 Å². The van der Waals surface area contributed by atoms with E-state index in [1.807, 2.05) is 18.2 Å². The number of pyridine rings is 1. The molecular formula is C15H24N4O. The van der Waals surface area contributed by atoms with Crippen LogP contribution in [0.4, 0.5) is 5.82 Å². The number of nitrogens with one attached hydrogen (secondary N) is 1. The van der Waals surface area contributed by atoms with Gasteiger partial charge in [-0.15, -0.1) is 0 Å². The second kappa shape index (κ2) is 7.24. The first-order chi connectivity index (χ1) is 9.74. The summed E-state index contributed by atoms with van der Waals surface area (Å²) >= 11 is 0. The van der Waals surface area contributed by atoms with Gasteiger partial charge in [-0.05, 0) is 25.0 Å². The molecule has 0 aliphatic heterocycles. The minimum Gasteiger partial charge on any atom is -0.384 e. The van der Waals surface area contributed by atoms with E-state index in [9.17, 15) is 0 Å². The Bertz CT molecular complexity index is 421. The zero-order valence-electron chi connectivity index (χ0n) is 12.1. The molecule has 0 amide bonds.